The van der Waals surface area contributed by atoms with E-state index in [1.807, 2.05) is 23.0 Å². The Labute approximate surface area is 118 Å². The van der Waals surface area contributed by atoms with Crippen LogP contribution < -0.4 is 5.32 Å². The number of amides is 1. The summed E-state index contributed by atoms with van der Waals surface area (Å²) in [6.45, 7) is 1.69. The van der Waals surface area contributed by atoms with Crippen LogP contribution in [0, 0.1) is 0 Å². The fourth-order valence-electron chi connectivity index (χ4n) is 1.79. The Hall–Kier alpha value is -2.37. The third kappa shape index (κ3) is 3.81. The van der Waals surface area contributed by atoms with E-state index < -0.39 is 0 Å². The van der Waals surface area contributed by atoms with E-state index in [1.54, 1.807) is 32.6 Å². The lowest BCUT2D eigenvalue weighted by Gasteiger charge is -2.11. The van der Waals surface area contributed by atoms with E-state index in [-0.39, 0.29) is 5.91 Å². The molecule has 0 aliphatic rings. The maximum absolute atomic E-state index is 11.8. The van der Waals surface area contributed by atoms with Gasteiger partial charge in [-0.3, -0.25) is 14.5 Å². The number of hydrogen-bond acceptors (Lipinski definition) is 4. The molecule has 106 valence electrons. The average molecular weight is 273 g/mol. The van der Waals surface area contributed by atoms with Gasteiger partial charge in [-0.1, -0.05) is 0 Å². The molecule has 0 atom stereocenters. The molecule has 2 aromatic heterocycles. The Morgan fingerprint density at radius 2 is 2.25 bits per heavy atom. The van der Waals surface area contributed by atoms with Crippen LogP contribution in [0.2, 0.25) is 0 Å². The van der Waals surface area contributed by atoms with E-state index in [1.165, 1.54) is 4.90 Å². The third-order valence-corrected chi connectivity index (χ3v) is 2.84. The second-order valence-corrected chi connectivity index (χ2v) is 4.68. The van der Waals surface area contributed by atoms with Gasteiger partial charge in [-0.15, -0.1) is 0 Å². The summed E-state index contributed by atoms with van der Waals surface area (Å²) < 4.78 is 1.90. The highest BCUT2D eigenvalue weighted by atomic mass is 16.2. The molecule has 0 aliphatic heterocycles. The standard InChI is InChI=1S/C14H19N5O/c1-18(2)14(20)13-11-12(5-8-16-13)15-6-3-9-19-10-4-7-17-19/h4-5,7-8,10-11H,3,6,9H2,1-2H3,(H,15,16). The molecule has 2 rings (SSSR count). The molecule has 2 heterocycles. The summed E-state index contributed by atoms with van der Waals surface area (Å²) in [5.74, 6) is -0.0924. The predicted octanol–water partition coefficient (Wildman–Crippen LogP) is 1.48. The SMILES string of the molecule is CN(C)C(=O)c1cc(NCCCn2cccn2)ccn1. The van der Waals surface area contributed by atoms with Crippen molar-refractivity contribution in [2.45, 2.75) is 13.0 Å². The number of pyridine rings is 1. The number of nitrogens with zero attached hydrogens (tertiary/aromatic N) is 4. The zero-order valence-electron chi connectivity index (χ0n) is 11.8. The molecular weight excluding hydrogens is 254 g/mol. The maximum atomic E-state index is 11.8. The average Bonchev–Trinajstić information content (AvgIpc) is 2.96. The van der Waals surface area contributed by atoms with Crippen LogP contribution in [0.25, 0.3) is 0 Å². The smallest absolute Gasteiger partial charge is 0.272 e. The quantitative estimate of drug-likeness (QED) is 0.810. The van der Waals surface area contributed by atoms with Crippen molar-refractivity contribution in [3.63, 3.8) is 0 Å². The first kappa shape index (κ1) is 14.0. The number of aromatic nitrogens is 3. The van der Waals surface area contributed by atoms with Gasteiger partial charge in [-0.25, -0.2) is 0 Å². The number of rotatable bonds is 6. The zero-order chi connectivity index (χ0) is 14.4. The molecule has 0 aromatic carbocycles. The van der Waals surface area contributed by atoms with Crippen molar-refractivity contribution in [1.82, 2.24) is 19.7 Å². The highest BCUT2D eigenvalue weighted by Crippen LogP contribution is 2.09. The first-order valence-electron chi connectivity index (χ1n) is 6.56. The molecular formula is C14H19N5O. The van der Waals surface area contributed by atoms with E-state index in [9.17, 15) is 4.79 Å². The topological polar surface area (TPSA) is 63.1 Å². The zero-order valence-corrected chi connectivity index (χ0v) is 11.8. The van der Waals surface area contributed by atoms with Gasteiger partial charge in [-0.05, 0) is 24.6 Å². The minimum atomic E-state index is -0.0924. The molecule has 1 amide bonds. The van der Waals surface area contributed by atoms with Gasteiger partial charge in [0.25, 0.3) is 5.91 Å². The summed E-state index contributed by atoms with van der Waals surface area (Å²) in [5, 5.41) is 7.44. The Bertz CT molecular complexity index is 550. The first-order chi connectivity index (χ1) is 9.66. The summed E-state index contributed by atoms with van der Waals surface area (Å²) in [4.78, 5) is 17.4. The van der Waals surface area contributed by atoms with E-state index in [4.69, 9.17) is 0 Å². The molecule has 1 N–H and O–H groups in total. The fourth-order valence-corrected chi connectivity index (χ4v) is 1.79. The summed E-state index contributed by atoms with van der Waals surface area (Å²) in [5.41, 5.74) is 1.36. The Morgan fingerprint density at radius 3 is 2.95 bits per heavy atom. The van der Waals surface area contributed by atoms with E-state index in [2.05, 4.69) is 15.4 Å². The first-order valence-corrected chi connectivity index (χ1v) is 6.56. The van der Waals surface area contributed by atoms with Gasteiger partial charge in [0.15, 0.2) is 0 Å². The van der Waals surface area contributed by atoms with Crippen molar-refractivity contribution in [3.8, 4) is 0 Å². The van der Waals surface area contributed by atoms with Crippen molar-refractivity contribution < 1.29 is 4.79 Å². The van der Waals surface area contributed by atoms with Crippen molar-refractivity contribution in [1.29, 1.82) is 0 Å². The molecule has 2 aromatic rings. The van der Waals surface area contributed by atoms with Crippen LogP contribution in [0.4, 0.5) is 5.69 Å². The third-order valence-electron chi connectivity index (χ3n) is 2.84. The summed E-state index contributed by atoms with van der Waals surface area (Å²) in [6, 6.07) is 5.55. The van der Waals surface area contributed by atoms with Crippen LogP contribution in [-0.4, -0.2) is 46.2 Å². The highest BCUT2D eigenvalue weighted by molar-refractivity contribution is 5.92. The molecule has 0 spiro atoms. The number of hydrogen-bond donors (Lipinski definition) is 1. The minimum absolute atomic E-state index is 0.0924. The van der Waals surface area contributed by atoms with Crippen molar-refractivity contribution in [3.05, 3.63) is 42.5 Å². The van der Waals surface area contributed by atoms with Gasteiger partial charge in [0.2, 0.25) is 0 Å². The molecule has 0 aliphatic carbocycles. The predicted molar refractivity (Wildman–Crippen MR) is 77.6 cm³/mol. The number of aryl methyl sites for hydroxylation is 1. The lowest BCUT2D eigenvalue weighted by Crippen LogP contribution is -2.22. The van der Waals surface area contributed by atoms with Crippen LogP contribution in [-0.2, 0) is 6.54 Å². The van der Waals surface area contributed by atoms with Crippen LogP contribution in [0.3, 0.4) is 0 Å². The monoisotopic (exact) mass is 273 g/mol. The van der Waals surface area contributed by atoms with Gasteiger partial charge in [0.05, 0.1) is 0 Å². The summed E-state index contributed by atoms with van der Waals surface area (Å²) >= 11 is 0. The van der Waals surface area contributed by atoms with Gasteiger partial charge in [0.1, 0.15) is 5.69 Å². The van der Waals surface area contributed by atoms with Crippen LogP contribution in [0.1, 0.15) is 16.9 Å². The van der Waals surface area contributed by atoms with E-state index in [0.29, 0.717) is 5.69 Å². The molecule has 0 saturated carbocycles. The molecule has 20 heavy (non-hydrogen) atoms. The normalized spacial score (nSPS) is 10.3. The summed E-state index contributed by atoms with van der Waals surface area (Å²) in [6.07, 6.45) is 6.32. The largest absolute Gasteiger partial charge is 0.385 e. The minimum Gasteiger partial charge on any atom is -0.385 e. The van der Waals surface area contributed by atoms with Crippen LogP contribution in [0.15, 0.2) is 36.8 Å². The number of carbonyl (C=O) groups is 1. The van der Waals surface area contributed by atoms with Gasteiger partial charge in [-0.2, -0.15) is 5.10 Å². The second kappa shape index (κ2) is 6.70. The van der Waals surface area contributed by atoms with E-state index in [0.717, 1.165) is 25.2 Å². The number of anilines is 1. The molecule has 0 saturated heterocycles. The molecule has 0 unspecified atom stereocenters. The second-order valence-electron chi connectivity index (χ2n) is 4.68. The summed E-state index contributed by atoms with van der Waals surface area (Å²) in [7, 11) is 3.43. The van der Waals surface area contributed by atoms with Crippen molar-refractivity contribution in [2.75, 3.05) is 26.0 Å². The number of carbonyl (C=O) groups excluding carboxylic acids is 1. The molecule has 6 heteroatoms. The molecule has 6 nitrogen and oxygen atoms in total. The van der Waals surface area contributed by atoms with Gasteiger partial charge < -0.3 is 10.2 Å². The van der Waals surface area contributed by atoms with Crippen LogP contribution in [0.5, 0.6) is 0 Å². The maximum Gasteiger partial charge on any atom is 0.272 e. The van der Waals surface area contributed by atoms with E-state index >= 15 is 0 Å². The molecule has 0 fully saturated rings. The van der Waals surface area contributed by atoms with Crippen LogP contribution >= 0.6 is 0 Å². The Morgan fingerprint density at radius 1 is 1.40 bits per heavy atom. The van der Waals surface area contributed by atoms with Gasteiger partial charge >= 0.3 is 0 Å². The van der Waals surface area contributed by atoms with Crippen molar-refractivity contribution >= 4 is 11.6 Å². The Kier molecular flexibility index (Phi) is 4.70. The lowest BCUT2D eigenvalue weighted by atomic mass is 10.3. The Balaban J connectivity index is 1.84. The van der Waals surface area contributed by atoms with Gasteiger partial charge in [0, 0.05) is 51.5 Å². The molecule has 0 bridgehead atoms. The fraction of sp³-hybridized carbons (Fsp3) is 0.357. The molecule has 0 radical (unpaired) electrons. The lowest BCUT2D eigenvalue weighted by molar-refractivity contribution is 0.0822. The number of nitrogens with one attached hydrogen (secondary N) is 1. The highest BCUT2D eigenvalue weighted by Gasteiger charge is 2.09. The van der Waals surface area contributed by atoms with Crippen molar-refractivity contribution in [2.24, 2.45) is 0 Å².